The Labute approximate surface area is 145 Å². The summed E-state index contributed by atoms with van der Waals surface area (Å²) < 4.78 is 9.95. The predicted octanol–water partition coefficient (Wildman–Crippen LogP) is 2.57. The highest BCUT2D eigenvalue weighted by molar-refractivity contribution is 5.84. The van der Waals surface area contributed by atoms with Gasteiger partial charge < -0.3 is 19.7 Å². The zero-order valence-corrected chi connectivity index (χ0v) is 15.9. The van der Waals surface area contributed by atoms with Gasteiger partial charge in [-0.15, -0.1) is 0 Å². The summed E-state index contributed by atoms with van der Waals surface area (Å²) in [5.74, 6) is 0.399. The Kier molecular flexibility index (Phi) is 9.10. The van der Waals surface area contributed by atoms with E-state index in [-0.39, 0.29) is 19.2 Å². The fraction of sp³-hybridized carbons (Fsp3) is 0.706. The van der Waals surface area contributed by atoms with E-state index in [4.69, 9.17) is 4.74 Å². The number of methoxy groups -OCH3 is 1. The van der Waals surface area contributed by atoms with Gasteiger partial charge in [-0.2, -0.15) is 0 Å². The summed E-state index contributed by atoms with van der Waals surface area (Å²) >= 11 is 0. The lowest BCUT2D eigenvalue weighted by Gasteiger charge is -2.29. The standard InChI is InChI=1S/C17H31N3O4/c1-12(2)10-20(16(22)24-17(5,6)7)11-13(3)19-14(4)18-9-15(21)23-8/h12H,3,9-11H2,1-2,4-8H3,(H,18,19). The van der Waals surface area contributed by atoms with Crippen LogP contribution in [0, 0.1) is 5.92 Å². The number of hydrogen-bond acceptors (Lipinski definition) is 5. The Hall–Kier alpha value is -2.05. The molecule has 0 aliphatic rings. The van der Waals surface area contributed by atoms with Gasteiger partial charge in [0.1, 0.15) is 12.1 Å². The number of amides is 1. The Morgan fingerprint density at radius 2 is 1.88 bits per heavy atom. The molecule has 0 saturated heterocycles. The number of ether oxygens (including phenoxy) is 2. The fourth-order valence-corrected chi connectivity index (χ4v) is 1.78. The lowest BCUT2D eigenvalue weighted by atomic mass is 10.2. The molecule has 7 nitrogen and oxygen atoms in total. The van der Waals surface area contributed by atoms with Crippen LogP contribution in [0.5, 0.6) is 0 Å². The Balaban J connectivity index is 4.75. The third kappa shape index (κ3) is 10.6. The zero-order chi connectivity index (χ0) is 18.9. The van der Waals surface area contributed by atoms with Crippen LogP contribution < -0.4 is 5.32 Å². The van der Waals surface area contributed by atoms with Crippen molar-refractivity contribution in [1.29, 1.82) is 0 Å². The molecule has 1 amide bonds. The number of carbonyl (C=O) groups is 2. The van der Waals surface area contributed by atoms with Crippen molar-refractivity contribution >= 4 is 17.9 Å². The maximum atomic E-state index is 12.3. The SMILES string of the molecule is C=C(CN(CC(C)C)C(=O)OC(C)(C)C)NC(C)=NCC(=O)OC. The summed E-state index contributed by atoms with van der Waals surface area (Å²) in [7, 11) is 1.31. The molecule has 138 valence electrons. The molecule has 0 bridgehead atoms. The van der Waals surface area contributed by atoms with Gasteiger partial charge in [0.25, 0.3) is 0 Å². The first-order chi connectivity index (χ1) is 10.9. The topological polar surface area (TPSA) is 80.2 Å². The van der Waals surface area contributed by atoms with Gasteiger partial charge in [-0.3, -0.25) is 9.79 Å². The van der Waals surface area contributed by atoms with Crippen molar-refractivity contribution in [2.75, 3.05) is 26.7 Å². The monoisotopic (exact) mass is 341 g/mol. The normalized spacial score (nSPS) is 11.9. The molecule has 24 heavy (non-hydrogen) atoms. The molecule has 0 aromatic heterocycles. The second kappa shape index (κ2) is 9.95. The van der Waals surface area contributed by atoms with Gasteiger partial charge in [-0.25, -0.2) is 4.79 Å². The fourth-order valence-electron chi connectivity index (χ4n) is 1.78. The molecule has 1 N–H and O–H groups in total. The third-order valence-electron chi connectivity index (χ3n) is 2.65. The molecule has 0 radical (unpaired) electrons. The van der Waals surface area contributed by atoms with Crippen molar-refractivity contribution in [1.82, 2.24) is 10.2 Å². The maximum absolute atomic E-state index is 12.3. The van der Waals surface area contributed by atoms with E-state index in [1.807, 2.05) is 34.6 Å². The van der Waals surface area contributed by atoms with Crippen molar-refractivity contribution < 1.29 is 19.1 Å². The molecule has 0 atom stereocenters. The van der Waals surface area contributed by atoms with E-state index in [9.17, 15) is 9.59 Å². The van der Waals surface area contributed by atoms with Crippen molar-refractivity contribution in [2.45, 2.75) is 47.1 Å². The van der Waals surface area contributed by atoms with Gasteiger partial charge in [-0.05, 0) is 33.6 Å². The van der Waals surface area contributed by atoms with Crippen LogP contribution in [0.15, 0.2) is 17.3 Å². The van der Waals surface area contributed by atoms with Crippen molar-refractivity contribution in [2.24, 2.45) is 10.9 Å². The highest BCUT2D eigenvalue weighted by Gasteiger charge is 2.23. The van der Waals surface area contributed by atoms with Crippen molar-refractivity contribution in [3.8, 4) is 0 Å². The van der Waals surface area contributed by atoms with Crippen LogP contribution >= 0.6 is 0 Å². The molecule has 0 heterocycles. The van der Waals surface area contributed by atoms with Gasteiger partial charge in [0.05, 0.1) is 19.5 Å². The van der Waals surface area contributed by atoms with Crippen LogP contribution in [-0.2, 0) is 14.3 Å². The third-order valence-corrected chi connectivity index (χ3v) is 2.65. The molecule has 0 aromatic rings. The first-order valence-corrected chi connectivity index (χ1v) is 7.95. The van der Waals surface area contributed by atoms with E-state index in [1.165, 1.54) is 7.11 Å². The van der Waals surface area contributed by atoms with Gasteiger partial charge in [-0.1, -0.05) is 20.4 Å². The number of amidine groups is 1. The molecule has 0 aromatic carbocycles. The highest BCUT2D eigenvalue weighted by atomic mass is 16.6. The summed E-state index contributed by atoms with van der Waals surface area (Å²) in [6, 6.07) is 0. The Morgan fingerprint density at radius 1 is 1.29 bits per heavy atom. The predicted molar refractivity (Wildman–Crippen MR) is 94.9 cm³/mol. The van der Waals surface area contributed by atoms with E-state index in [2.05, 4.69) is 21.6 Å². The van der Waals surface area contributed by atoms with E-state index in [0.29, 0.717) is 24.0 Å². The second-order valence-electron chi connectivity index (χ2n) is 6.96. The van der Waals surface area contributed by atoms with Crippen molar-refractivity contribution in [3.05, 3.63) is 12.3 Å². The smallest absolute Gasteiger partial charge is 0.410 e. The molecule has 0 fully saturated rings. The molecular formula is C17H31N3O4. The minimum atomic E-state index is -0.557. The molecule has 0 rings (SSSR count). The van der Waals surface area contributed by atoms with Crippen LogP contribution in [0.3, 0.4) is 0 Å². The number of nitrogens with zero attached hydrogens (tertiary/aromatic N) is 2. The van der Waals surface area contributed by atoms with Crippen LogP contribution in [-0.4, -0.2) is 55.1 Å². The number of aliphatic imine (C=N–C) groups is 1. The Bertz CT molecular complexity index is 479. The van der Waals surface area contributed by atoms with Crippen LogP contribution in [0.4, 0.5) is 4.79 Å². The minimum Gasteiger partial charge on any atom is -0.468 e. The number of carbonyl (C=O) groups excluding carboxylic acids is 2. The second-order valence-corrected chi connectivity index (χ2v) is 6.96. The average molecular weight is 341 g/mol. The molecule has 0 unspecified atom stereocenters. The molecule has 0 spiro atoms. The molecule has 0 aliphatic heterocycles. The van der Waals surface area contributed by atoms with Gasteiger partial charge in [0, 0.05) is 12.2 Å². The number of esters is 1. The van der Waals surface area contributed by atoms with Gasteiger partial charge in [0.15, 0.2) is 0 Å². The minimum absolute atomic E-state index is 0.0651. The first kappa shape index (κ1) is 21.9. The first-order valence-electron chi connectivity index (χ1n) is 7.95. The van der Waals surface area contributed by atoms with Gasteiger partial charge >= 0.3 is 12.1 Å². The van der Waals surface area contributed by atoms with E-state index in [0.717, 1.165) is 0 Å². The lowest BCUT2D eigenvalue weighted by Crippen LogP contribution is -2.41. The quantitative estimate of drug-likeness (QED) is 0.437. The molecule has 0 saturated carbocycles. The van der Waals surface area contributed by atoms with Crippen LogP contribution in [0.2, 0.25) is 0 Å². The van der Waals surface area contributed by atoms with Crippen LogP contribution in [0.25, 0.3) is 0 Å². The molecule has 7 heteroatoms. The summed E-state index contributed by atoms with van der Waals surface area (Å²) in [4.78, 5) is 29.0. The maximum Gasteiger partial charge on any atom is 0.410 e. The number of nitrogens with one attached hydrogen (secondary N) is 1. The van der Waals surface area contributed by atoms with Crippen LogP contribution in [0.1, 0.15) is 41.5 Å². The molecule has 0 aliphatic carbocycles. The number of rotatable bonds is 7. The summed E-state index contributed by atoms with van der Waals surface area (Å²) in [5.41, 5.74) is 0.0338. The Morgan fingerprint density at radius 3 is 2.33 bits per heavy atom. The average Bonchev–Trinajstić information content (AvgIpc) is 2.41. The molecular weight excluding hydrogens is 310 g/mol. The summed E-state index contributed by atoms with van der Waals surface area (Å²) in [6.07, 6.45) is -0.386. The van der Waals surface area contributed by atoms with E-state index in [1.54, 1.807) is 11.8 Å². The summed E-state index contributed by atoms with van der Waals surface area (Å²) in [6.45, 7) is 15.9. The highest BCUT2D eigenvalue weighted by Crippen LogP contribution is 2.12. The summed E-state index contributed by atoms with van der Waals surface area (Å²) in [5, 5.41) is 2.98. The van der Waals surface area contributed by atoms with E-state index >= 15 is 0 Å². The van der Waals surface area contributed by atoms with Gasteiger partial charge in [0.2, 0.25) is 0 Å². The van der Waals surface area contributed by atoms with E-state index < -0.39 is 11.6 Å². The number of hydrogen-bond donors (Lipinski definition) is 1. The zero-order valence-electron chi connectivity index (χ0n) is 15.9. The van der Waals surface area contributed by atoms with Crippen molar-refractivity contribution in [3.63, 3.8) is 0 Å². The largest absolute Gasteiger partial charge is 0.468 e. The lowest BCUT2D eigenvalue weighted by molar-refractivity contribution is -0.138.